The van der Waals surface area contributed by atoms with E-state index < -0.39 is 0 Å². The first kappa shape index (κ1) is 16.0. The molecule has 1 rings (SSSR count). The maximum absolute atomic E-state index is 6.23. The molecule has 108 valence electrons. The molecule has 1 N–H and O–H groups in total. The van der Waals surface area contributed by atoms with E-state index in [2.05, 4.69) is 33.0 Å². The third kappa shape index (κ3) is 4.89. The smallest absolute Gasteiger partial charge is 0.0806 e. The molecule has 0 saturated heterocycles. The van der Waals surface area contributed by atoms with E-state index in [9.17, 15) is 0 Å². The Balaban J connectivity index is 2.46. The third-order valence-corrected chi connectivity index (χ3v) is 4.37. The highest BCUT2D eigenvalue weighted by Gasteiger charge is 2.36. The van der Waals surface area contributed by atoms with Crippen LogP contribution < -0.4 is 5.32 Å². The van der Waals surface area contributed by atoms with Crippen LogP contribution >= 0.6 is 0 Å². The maximum Gasteiger partial charge on any atom is 0.0806 e. The van der Waals surface area contributed by atoms with E-state index in [0.717, 1.165) is 38.0 Å². The van der Waals surface area contributed by atoms with Gasteiger partial charge in [0.05, 0.1) is 5.60 Å². The summed E-state index contributed by atoms with van der Waals surface area (Å²) in [6, 6.07) is 0. The van der Waals surface area contributed by atoms with Gasteiger partial charge in [0.25, 0.3) is 0 Å². The van der Waals surface area contributed by atoms with Gasteiger partial charge in [-0.3, -0.25) is 0 Å². The molecule has 0 unspecified atom stereocenters. The molecule has 1 aliphatic carbocycles. The van der Waals surface area contributed by atoms with Crippen molar-refractivity contribution >= 4 is 0 Å². The zero-order chi connectivity index (χ0) is 13.4. The normalized spacial score (nSPS) is 28.8. The summed E-state index contributed by atoms with van der Waals surface area (Å²) in [4.78, 5) is 0. The Morgan fingerprint density at radius 3 is 2.33 bits per heavy atom. The van der Waals surface area contributed by atoms with E-state index >= 15 is 0 Å². The van der Waals surface area contributed by atoms with Crippen molar-refractivity contribution in [2.75, 3.05) is 19.7 Å². The molecule has 0 atom stereocenters. The Kier molecular flexibility index (Phi) is 7.25. The molecule has 0 aromatic carbocycles. The molecule has 1 aliphatic rings. The van der Waals surface area contributed by atoms with Gasteiger partial charge in [-0.05, 0) is 56.9 Å². The Morgan fingerprint density at radius 1 is 1.17 bits per heavy atom. The molecule has 18 heavy (non-hydrogen) atoms. The monoisotopic (exact) mass is 255 g/mol. The summed E-state index contributed by atoms with van der Waals surface area (Å²) < 4.78 is 6.23. The summed E-state index contributed by atoms with van der Waals surface area (Å²) in [6.07, 6.45) is 7.51. The second kappa shape index (κ2) is 8.16. The van der Waals surface area contributed by atoms with E-state index in [-0.39, 0.29) is 5.60 Å². The zero-order valence-corrected chi connectivity index (χ0v) is 12.9. The van der Waals surface area contributed by atoms with Crippen LogP contribution in [-0.4, -0.2) is 25.3 Å². The highest BCUT2D eigenvalue weighted by molar-refractivity contribution is 4.90. The number of hydrogen-bond donors (Lipinski definition) is 1. The van der Waals surface area contributed by atoms with Gasteiger partial charge in [0.1, 0.15) is 0 Å². The van der Waals surface area contributed by atoms with E-state index in [1.54, 1.807) is 0 Å². The third-order valence-electron chi connectivity index (χ3n) is 4.37. The first-order valence-corrected chi connectivity index (χ1v) is 7.98. The number of rotatable bonds is 8. The maximum atomic E-state index is 6.23. The zero-order valence-electron chi connectivity index (χ0n) is 12.9. The fourth-order valence-corrected chi connectivity index (χ4v) is 3.02. The molecule has 0 bridgehead atoms. The van der Waals surface area contributed by atoms with Gasteiger partial charge < -0.3 is 10.1 Å². The molecule has 2 heteroatoms. The Labute approximate surface area is 114 Å². The molecule has 2 nitrogen and oxygen atoms in total. The van der Waals surface area contributed by atoms with Gasteiger partial charge in [-0.2, -0.15) is 0 Å². The molecule has 0 heterocycles. The van der Waals surface area contributed by atoms with Crippen LogP contribution in [0.3, 0.4) is 0 Å². The summed E-state index contributed by atoms with van der Waals surface area (Å²) >= 11 is 0. The minimum atomic E-state index is 0.135. The first-order chi connectivity index (χ1) is 8.63. The molecule has 0 radical (unpaired) electrons. The molecule has 1 saturated carbocycles. The quantitative estimate of drug-likeness (QED) is 0.662. The average molecular weight is 255 g/mol. The molecule has 0 aliphatic heterocycles. The van der Waals surface area contributed by atoms with Crippen LogP contribution in [0.5, 0.6) is 0 Å². The van der Waals surface area contributed by atoms with Crippen molar-refractivity contribution in [2.45, 2.75) is 71.8 Å². The van der Waals surface area contributed by atoms with Crippen molar-refractivity contribution < 1.29 is 4.74 Å². The summed E-state index contributed by atoms with van der Waals surface area (Å²) in [5.41, 5.74) is 0.135. The SMILES string of the molecule is CCCNCC1(OCCC)CCC(C(C)C)CC1. The fourth-order valence-electron chi connectivity index (χ4n) is 3.02. The standard InChI is InChI=1S/C16H33NO/c1-5-11-17-13-16(18-12-6-2)9-7-15(8-10-16)14(3)4/h14-15,17H,5-13H2,1-4H3. The van der Waals surface area contributed by atoms with E-state index in [1.165, 1.54) is 32.1 Å². The van der Waals surface area contributed by atoms with Crippen LogP contribution in [0.25, 0.3) is 0 Å². The van der Waals surface area contributed by atoms with Gasteiger partial charge >= 0.3 is 0 Å². The minimum Gasteiger partial charge on any atom is -0.374 e. The topological polar surface area (TPSA) is 21.3 Å². The van der Waals surface area contributed by atoms with Gasteiger partial charge in [-0.25, -0.2) is 0 Å². The summed E-state index contributed by atoms with van der Waals surface area (Å²) in [5.74, 6) is 1.74. The van der Waals surface area contributed by atoms with Crippen molar-refractivity contribution in [3.63, 3.8) is 0 Å². The second-order valence-corrected chi connectivity index (χ2v) is 6.29. The lowest BCUT2D eigenvalue weighted by molar-refractivity contribution is -0.0791. The van der Waals surface area contributed by atoms with Gasteiger partial charge in [-0.15, -0.1) is 0 Å². The van der Waals surface area contributed by atoms with Crippen molar-refractivity contribution in [3.05, 3.63) is 0 Å². The van der Waals surface area contributed by atoms with E-state index in [4.69, 9.17) is 4.74 Å². The highest BCUT2D eigenvalue weighted by atomic mass is 16.5. The number of nitrogens with one attached hydrogen (secondary N) is 1. The van der Waals surface area contributed by atoms with Crippen molar-refractivity contribution in [3.8, 4) is 0 Å². The van der Waals surface area contributed by atoms with Gasteiger partial charge in [-0.1, -0.05) is 27.7 Å². The lowest BCUT2D eigenvalue weighted by atomic mass is 9.74. The Morgan fingerprint density at radius 2 is 1.83 bits per heavy atom. The second-order valence-electron chi connectivity index (χ2n) is 6.29. The van der Waals surface area contributed by atoms with E-state index in [0.29, 0.717) is 0 Å². The van der Waals surface area contributed by atoms with Crippen LogP contribution in [0.2, 0.25) is 0 Å². The number of hydrogen-bond acceptors (Lipinski definition) is 2. The van der Waals surface area contributed by atoms with Gasteiger partial charge in [0.15, 0.2) is 0 Å². The van der Waals surface area contributed by atoms with Crippen LogP contribution in [0.15, 0.2) is 0 Å². The molecule has 0 amide bonds. The first-order valence-electron chi connectivity index (χ1n) is 7.98. The summed E-state index contributed by atoms with van der Waals surface area (Å²) in [6.45, 7) is 12.2. The number of ether oxygens (including phenoxy) is 1. The summed E-state index contributed by atoms with van der Waals surface area (Å²) in [7, 11) is 0. The summed E-state index contributed by atoms with van der Waals surface area (Å²) in [5, 5.41) is 3.57. The van der Waals surface area contributed by atoms with Crippen molar-refractivity contribution in [1.82, 2.24) is 5.32 Å². The minimum absolute atomic E-state index is 0.135. The average Bonchev–Trinajstić information content (AvgIpc) is 2.37. The van der Waals surface area contributed by atoms with E-state index in [1.807, 2.05) is 0 Å². The predicted octanol–water partition coefficient (Wildman–Crippen LogP) is 4.00. The van der Waals surface area contributed by atoms with Gasteiger partial charge in [0.2, 0.25) is 0 Å². The highest BCUT2D eigenvalue weighted by Crippen LogP contribution is 2.37. The lowest BCUT2D eigenvalue weighted by Crippen LogP contribution is -2.46. The largest absolute Gasteiger partial charge is 0.374 e. The van der Waals surface area contributed by atoms with Crippen LogP contribution in [0.4, 0.5) is 0 Å². The molecule has 0 aromatic rings. The van der Waals surface area contributed by atoms with Crippen LogP contribution in [0, 0.1) is 11.8 Å². The van der Waals surface area contributed by atoms with Crippen LogP contribution in [0.1, 0.15) is 66.2 Å². The lowest BCUT2D eigenvalue weighted by Gasteiger charge is -2.41. The Hall–Kier alpha value is -0.0800. The molecular weight excluding hydrogens is 222 g/mol. The van der Waals surface area contributed by atoms with Crippen LogP contribution in [-0.2, 0) is 4.74 Å². The predicted molar refractivity (Wildman–Crippen MR) is 78.9 cm³/mol. The fraction of sp³-hybridized carbons (Fsp3) is 1.00. The molecule has 0 aromatic heterocycles. The van der Waals surface area contributed by atoms with Crippen molar-refractivity contribution in [2.24, 2.45) is 11.8 Å². The molecule has 0 spiro atoms. The molecular formula is C16H33NO. The molecule has 1 fully saturated rings. The van der Waals surface area contributed by atoms with Crippen molar-refractivity contribution in [1.29, 1.82) is 0 Å². The Bertz CT molecular complexity index is 207. The van der Waals surface area contributed by atoms with Gasteiger partial charge in [0, 0.05) is 13.2 Å².